The molecule has 0 fully saturated rings. The van der Waals surface area contributed by atoms with E-state index in [9.17, 15) is 4.79 Å². The predicted octanol–water partition coefficient (Wildman–Crippen LogP) is 0.489. The fourth-order valence-corrected chi connectivity index (χ4v) is 0.515. The van der Waals surface area contributed by atoms with Crippen LogP contribution in [0, 0.1) is 0 Å². The van der Waals surface area contributed by atoms with Crippen molar-refractivity contribution in [2.75, 3.05) is 5.75 Å². The van der Waals surface area contributed by atoms with Gasteiger partial charge in [0.1, 0.15) is 0 Å². The van der Waals surface area contributed by atoms with Gasteiger partial charge in [-0.25, -0.2) is 4.79 Å². The maximum absolute atomic E-state index is 9.93. The van der Waals surface area contributed by atoms with E-state index in [1.807, 2.05) is 0 Å². The Morgan fingerprint density at radius 3 is 3.00 bits per heavy atom. The molecule has 0 aliphatic carbocycles. The summed E-state index contributed by atoms with van der Waals surface area (Å²) in [5, 5.41) is 0. The van der Waals surface area contributed by atoms with Gasteiger partial charge in [-0.3, -0.25) is 4.72 Å². The number of nitrogens with two attached hydrogens (primary N) is 1. The quantitative estimate of drug-likeness (QED) is 0.333. The molecule has 8 heavy (non-hydrogen) atoms. The number of primary amides is 1. The topological polar surface area (TPSA) is 55.1 Å². The lowest BCUT2D eigenvalue weighted by molar-refractivity contribution is 0.254. The predicted molar refractivity (Wildman–Crippen MR) is 35.4 cm³/mol. The molecule has 3 nitrogen and oxygen atoms in total. The van der Waals surface area contributed by atoms with Crippen LogP contribution in [-0.4, -0.2) is 11.8 Å². The fourth-order valence-electron chi connectivity index (χ4n) is 0.172. The Morgan fingerprint density at radius 1 is 2.00 bits per heavy atom. The van der Waals surface area contributed by atoms with Gasteiger partial charge in [0.05, 0.1) is 0 Å². The molecule has 0 aromatic carbocycles. The number of rotatable bonds is 3. The van der Waals surface area contributed by atoms with Crippen molar-refractivity contribution >= 4 is 18.0 Å². The Bertz CT molecular complexity index is 94.0. The molecule has 0 radical (unpaired) electrons. The Labute approximate surface area is 52.5 Å². The molecular formula is C4H8N2OS. The van der Waals surface area contributed by atoms with Crippen molar-refractivity contribution in [2.45, 2.75) is 0 Å². The number of nitrogens with one attached hydrogen (secondary N) is 1. The van der Waals surface area contributed by atoms with E-state index < -0.39 is 6.03 Å². The maximum Gasteiger partial charge on any atom is 0.322 e. The molecule has 0 aromatic heterocycles. The molecular weight excluding hydrogens is 124 g/mol. The summed E-state index contributed by atoms with van der Waals surface area (Å²) in [5.74, 6) is 0.683. The second-order valence-electron chi connectivity index (χ2n) is 1.07. The highest BCUT2D eigenvalue weighted by atomic mass is 32.2. The first-order valence-electron chi connectivity index (χ1n) is 2.05. The highest BCUT2D eigenvalue weighted by molar-refractivity contribution is 7.98. The number of hydrogen-bond donors (Lipinski definition) is 2. The zero-order valence-electron chi connectivity index (χ0n) is 4.39. The van der Waals surface area contributed by atoms with Gasteiger partial charge >= 0.3 is 6.03 Å². The van der Waals surface area contributed by atoms with E-state index in [-0.39, 0.29) is 0 Å². The van der Waals surface area contributed by atoms with Gasteiger partial charge in [0.25, 0.3) is 0 Å². The molecule has 46 valence electrons. The van der Waals surface area contributed by atoms with E-state index in [2.05, 4.69) is 11.3 Å². The fraction of sp³-hybridized carbons (Fsp3) is 0.250. The summed E-state index contributed by atoms with van der Waals surface area (Å²) < 4.78 is 2.33. The van der Waals surface area contributed by atoms with Crippen LogP contribution in [0.3, 0.4) is 0 Å². The lowest BCUT2D eigenvalue weighted by Crippen LogP contribution is -2.23. The van der Waals surface area contributed by atoms with Crippen LogP contribution in [0.15, 0.2) is 12.7 Å². The standard InChI is InChI=1S/C4H8N2OS/c1-2-3-8-6-4(5)7/h2H,1,3H2,(H3,5,6,7). The van der Waals surface area contributed by atoms with E-state index in [1.54, 1.807) is 6.08 Å². The van der Waals surface area contributed by atoms with E-state index in [1.165, 1.54) is 11.9 Å². The Balaban J connectivity index is 2.93. The average molecular weight is 132 g/mol. The molecule has 0 heterocycles. The minimum absolute atomic E-state index is 0.517. The summed E-state index contributed by atoms with van der Waals surface area (Å²) in [5.41, 5.74) is 4.73. The van der Waals surface area contributed by atoms with Gasteiger partial charge in [-0.1, -0.05) is 6.08 Å². The highest BCUT2D eigenvalue weighted by Gasteiger charge is 1.85. The molecule has 4 heteroatoms. The maximum atomic E-state index is 9.93. The Morgan fingerprint density at radius 2 is 2.62 bits per heavy atom. The molecule has 0 saturated heterocycles. The Hall–Kier alpha value is -0.640. The lowest BCUT2D eigenvalue weighted by atomic mass is 10.8. The van der Waals surface area contributed by atoms with Gasteiger partial charge < -0.3 is 5.73 Å². The number of carbonyl (C=O) groups excluding carboxylic acids is 1. The van der Waals surface area contributed by atoms with E-state index in [4.69, 9.17) is 5.73 Å². The van der Waals surface area contributed by atoms with Crippen LogP contribution in [0.25, 0.3) is 0 Å². The molecule has 0 unspecified atom stereocenters. The van der Waals surface area contributed by atoms with Crippen LogP contribution in [0.2, 0.25) is 0 Å². The minimum atomic E-state index is -0.517. The minimum Gasteiger partial charge on any atom is -0.351 e. The zero-order valence-corrected chi connectivity index (χ0v) is 5.20. The summed E-state index contributed by atoms with van der Waals surface area (Å²) in [6.45, 7) is 3.44. The number of hydrogen-bond acceptors (Lipinski definition) is 2. The van der Waals surface area contributed by atoms with Gasteiger partial charge in [-0.15, -0.1) is 6.58 Å². The average Bonchev–Trinajstić information content (AvgIpc) is 1.66. The van der Waals surface area contributed by atoms with Gasteiger partial charge in [0.2, 0.25) is 0 Å². The number of urea groups is 1. The molecule has 0 spiro atoms. The largest absolute Gasteiger partial charge is 0.351 e. The number of amides is 2. The monoisotopic (exact) mass is 132 g/mol. The SMILES string of the molecule is C=CCSNC(N)=O. The van der Waals surface area contributed by atoms with E-state index in [0.29, 0.717) is 5.75 Å². The van der Waals surface area contributed by atoms with Crippen molar-refractivity contribution in [3.05, 3.63) is 12.7 Å². The van der Waals surface area contributed by atoms with Gasteiger partial charge in [0.15, 0.2) is 0 Å². The molecule has 0 aliphatic rings. The van der Waals surface area contributed by atoms with Gasteiger partial charge in [0, 0.05) is 5.75 Å². The lowest BCUT2D eigenvalue weighted by Gasteiger charge is -1.93. The van der Waals surface area contributed by atoms with Crippen molar-refractivity contribution in [1.29, 1.82) is 0 Å². The number of carbonyl (C=O) groups is 1. The van der Waals surface area contributed by atoms with Crippen molar-refractivity contribution in [2.24, 2.45) is 5.73 Å². The molecule has 2 amide bonds. The van der Waals surface area contributed by atoms with Gasteiger partial charge in [-0.2, -0.15) is 0 Å². The summed E-state index contributed by atoms with van der Waals surface area (Å²) in [6, 6.07) is -0.517. The second kappa shape index (κ2) is 4.52. The molecule has 3 N–H and O–H groups in total. The van der Waals surface area contributed by atoms with Crippen LogP contribution in [0.1, 0.15) is 0 Å². The molecule has 0 aromatic rings. The smallest absolute Gasteiger partial charge is 0.322 e. The molecule has 0 rings (SSSR count). The van der Waals surface area contributed by atoms with Crippen molar-refractivity contribution in [3.63, 3.8) is 0 Å². The third-order valence-electron chi connectivity index (χ3n) is 0.374. The van der Waals surface area contributed by atoms with Crippen LogP contribution >= 0.6 is 11.9 Å². The molecule has 0 bridgehead atoms. The summed E-state index contributed by atoms with van der Waals surface area (Å²) >= 11 is 1.22. The first-order valence-corrected chi connectivity index (χ1v) is 3.04. The van der Waals surface area contributed by atoms with Crippen molar-refractivity contribution < 1.29 is 4.79 Å². The van der Waals surface area contributed by atoms with E-state index >= 15 is 0 Å². The Kier molecular flexibility index (Phi) is 4.16. The highest BCUT2D eigenvalue weighted by Crippen LogP contribution is 1.89. The molecule has 0 aliphatic heterocycles. The normalized spacial score (nSPS) is 8.00. The van der Waals surface area contributed by atoms with Crippen LogP contribution in [0.4, 0.5) is 4.79 Å². The first kappa shape index (κ1) is 7.36. The zero-order chi connectivity index (χ0) is 6.41. The van der Waals surface area contributed by atoms with E-state index in [0.717, 1.165) is 0 Å². The summed E-state index contributed by atoms with van der Waals surface area (Å²) in [4.78, 5) is 9.93. The second-order valence-corrected chi connectivity index (χ2v) is 1.89. The third-order valence-corrected chi connectivity index (χ3v) is 1.12. The summed E-state index contributed by atoms with van der Waals surface area (Å²) in [6.07, 6.45) is 1.68. The first-order chi connectivity index (χ1) is 3.77. The molecule has 0 atom stereocenters. The van der Waals surface area contributed by atoms with Gasteiger partial charge in [-0.05, 0) is 11.9 Å². The van der Waals surface area contributed by atoms with Crippen molar-refractivity contribution in [3.8, 4) is 0 Å². The van der Waals surface area contributed by atoms with Crippen molar-refractivity contribution in [1.82, 2.24) is 4.72 Å². The molecule has 0 saturated carbocycles. The summed E-state index contributed by atoms with van der Waals surface area (Å²) in [7, 11) is 0. The van der Waals surface area contributed by atoms with Crippen LogP contribution in [-0.2, 0) is 0 Å². The van der Waals surface area contributed by atoms with Crippen LogP contribution in [0.5, 0.6) is 0 Å². The third kappa shape index (κ3) is 5.36. The van der Waals surface area contributed by atoms with Crippen LogP contribution < -0.4 is 10.5 Å².